The van der Waals surface area contributed by atoms with Crippen LogP contribution in [-0.4, -0.2) is 37.8 Å². The van der Waals surface area contributed by atoms with Crippen molar-refractivity contribution in [2.45, 2.75) is 11.5 Å². The van der Waals surface area contributed by atoms with Crippen LogP contribution in [0.15, 0.2) is 47.4 Å². The molecule has 0 saturated carbocycles. The largest absolute Gasteiger partial charge is 0.455 e. The van der Waals surface area contributed by atoms with Crippen LogP contribution in [0.3, 0.4) is 0 Å². The van der Waals surface area contributed by atoms with E-state index in [0.29, 0.717) is 5.01 Å². The zero-order chi connectivity index (χ0) is 18.9. The minimum atomic E-state index is -4.01. The molecule has 0 N–H and O–H groups in total. The van der Waals surface area contributed by atoms with Gasteiger partial charge in [-0.05, 0) is 30.3 Å². The summed E-state index contributed by atoms with van der Waals surface area (Å²) in [5.41, 5.74) is 0.762. The van der Waals surface area contributed by atoms with Gasteiger partial charge in [0, 0.05) is 14.1 Å². The zero-order valence-electron chi connectivity index (χ0n) is 14.0. The summed E-state index contributed by atoms with van der Waals surface area (Å²) in [6, 6.07) is 10.6. The van der Waals surface area contributed by atoms with Gasteiger partial charge in [-0.1, -0.05) is 12.1 Å². The van der Waals surface area contributed by atoms with Gasteiger partial charge in [0.1, 0.15) is 22.3 Å². The van der Waals surface area contributed by atoms with E-state index in [-0.39, 0.29) is 12.2 Å². The van der Waals surface area contributed by atoms with Crippen molar-refractivity contribution in [3.05, 3.63) is 58.9 Å². The summed E-state index contributed by atoms with van der Waals surface area (Å²) >= 11 is 1.40. The highest BCUT2D eigenvalue weighted by atomic mass is 32.2. The van der Waals surface area contributed by atoms with E-state index in [9.17, 15) is 17.6 Å². The van der Waals surface area contributed by atoms with Crippen LogP contribution in [0.4, 0.5) is 4.39 Å². The Bertz CT molecular complexity index is 1040. The number of fused-ring (bicyclic) bond motifs is 1. The van der Waals surface area contributed by atoms with Gasteiger partial charge in [-0.2, -0.15) is 0 Å². The van der Waals surface area contributed by atoms with Gasteiger partial charge >= 0.3 is 5.97 Å². The van der Waals surface area contributed by atoms with E-state index < -0.39 is 26.7 Å². The fourth-order valence-electron chi connectivity index (χ4n) is 2.22. The van der Waals surface area contributed by atoms with Crippen molar-refractivity contribution in [3.63, 3.8) is 0 Å². The molecule has 0 amide bonds. The van der Waals surface area contributed by atoms with Crippen LogP contribution in [0, 0.1) is 5.82 Å². The number of hydrogen-bond donors (Lipinski definition) is 0. The predicted molar refractivity (Wildman–Crippen MR) is 96.0 cm³/mol. The molecule has 6 nitrogen and oxygen atoms in total. The first kappa shape index (κ1) is 18.4. The van der Waals surface area contributed by atoms with Crippen molar-refractivity contribution in [1.82, 2.24) is 9.29 Å². The highest BCUT2D eigenvalue weighted by Crippen LogP contribution is 2.23. The van der Waals surface area contributed by atoms with Crippen molar-refractivity contribution < 1.29 is 22.3 Å². The summed E-state index contributed by atoms with van der Waals surface area (Å²) < 4.78 is 45.2. The van der Waals surface area contributed by atoms with E-state index in [2.05, 4.69) is 4.98 Å². The minimum absolute atomic E-state index is 0.0482. The number of esters is 1. The highest BCUT2D eigenvalue weighted by molar-refractivity contribution is 7.89. The van der Waals surface area contributed by atoms with Crippen molar-refractivity contribution in [3.8, 4) is 0 Å². The van der Waals surface area contributed by atoms with Crippen molar-refractivity contribution in [2.75, 3.05) is 14.1 Å². The van der Waals surface area contributed by atoms with Gasteiger partial charge in [0.25, 0.3) is 0 Å². The molecule has 0 atom stereocenters. The number of halogens is 1. The third-order valence-electron chi connectivity index (χ3n) is 3.59. The molecule has 0 aliphatic rings. The van der Waals surface area contributed by atoms with Crippen LogP contribution in [0.25, 0.3) is 10.2 Å². The predicted octanol–water partition coefficient (Wildman–Crippen LogP) is 3.04. The van der Waals surface area contributed by atoms with Crippen molar-refractivity contribution in [1.29, 1.82) is 0 Å². The van der Waals surface area contributed by atoms with E-state index in [1.165, 1.54) is 31.5 Å². The van der Waals surface area contributed by atoms with Gasteiger partial charge in [-0.3, -0.25) is 0 Å². The van der Waals surface area contributed by atoms with Crippen LogP contribution < -0.4 is 0 Å². The molecule has 0 bridgehead atoms. The Morgan fingerprint density at radius 2 is 1.96 bits per heavy atom. The Balaban J connectivity index is 1.79. The zero-order valence-corrected chi connectivity index (χ0v) is 15.6. The minimum Gasteiger partial charge on any atom is -0.455 e. The lowest BCUT2D eigenvalue weighted by Gasteiger charge is -2.13. The summed E-state index contributed by atoms with van der Waals surface area (Å²) in [5.74, 6) is -1.68. The maximum atomic E-state index is 13.9. The summed E-state index contributed by atoms with van der Waals surface area (Å²) in [4.78, 5) is 16.0. The standard InChI is InChI=1S/C17H15FN2O4S2/c1-20(2)26(22,23)15-9-11(7-8-12(15)18)17(21)24-10-16-19-13-5-3-4-6-14(13)25-16/h3-9H,10H2,1-2H3. The molecule has 1 aromatic heterocycles. The summed E-state index contributed by atoms with van der Waals surface area (Å²) in [6.45, 7) is -0.0503. The molecule has 0 aliphatic carbocycles. The Labute approximate surface area is 153 Å². The lowest BCUT2D eigenvalue weighted by Crippen LogP contribution is -2.23. The average Bonchev–Trinajstić information content (AvgIpc) is 3.02. The Morgan fingerprint density at radius 1 is 1.23 bits per heavy atom. The average molecular weight is 394 g/mol. The second kappa shape index (κ2) is 7.10. The number of carbonyl (C=O) groups excluding carboxylic acids is 1. The van der Waals surface area contributed by atoms with E-state index in [0.717, 1.165) is 26.7 Å². The molecular weight excluding hydrogens is 379 g/mol. The first-order valence-electron chi connectivity index (χ1n) is 7.52. The maximum Gasteiger partial charge on any atom is 0.338 e. The molecule has 3 rings (SSSR count). The lowest BCUT2D eigenvalue weighted by molar-refractivity contribution is 0.0472. The number of benzene rings is 2. The van der Waals surface area contributed by atoms with Crippen molar-refractivity contribution in [2.24, 2.45) is 0 Å². The third-order valence-corrected chi connectivity index (χ3v) is 6.43. The quantitative estimate of drug-likeness (QED) is 0.622. The first-order valence-corrected chi connectivity index (χ1v) is 9.78. The number of aromatic nitrogens is 1. The van der Waals surface area contributed by atoms with Crippen LogP contribution >= 0.6 is 11.3 Å². The number of carbonyl (C=O) groups is 1. The van der Waals surface area contributed by atoms with Gasteiger partial charge in [0.15, 0.2) is 0 Å². The molecule has 136 valence electrons. The Kier molecular flexibility index (Phi) is 5.03. The van der Waals surface area contributed by atoms with E-state index >= 15 is 0 Å². The van der Waals surface area contributed by atoms with Crippen LogP contribution in [-0.2, 0) is 21.4 Å². The smallest absolute Gasteiger partial charge is 0.338 e. The third kappa shape index (κ3) is 3.59. The Hall–Kier alpha value is -2.36. The van der Waals surface area contributed by atoms with E-state index in [4.69, 9.17) is 4.74 Å². The van der Waals surface area contributed by atoms with Gasteiger partial charge in [-0.15, -0.1) is 11.3 Å². The molecule has 9 heteroatoms. The molecular formula is C17H15FN2O4S2. The second-order valence-corrected chi connectivity index (χ2v) is 8.82. The molecule has 0 fully saturated rings. The van der Waals surface area contributed by atoms with Gasteiger partial charge in [0.05, 0.1) is 15.8 Å². The summed E-state index contributed by atoms with van der Waals surface area (Å²) in [6.07, 6.45) is 0. The Morgan fingerprint density at radius 3 is 2.65 bits per heavy atom. The topological polar surface area (TPSA) is 76.6 Å². The molecule has 0 aliphatic heterocycles. The van der Waals surface area contributed by atoms with E-state index in [1.54, 1.807) is 0 Å². The maximum absolute atomic E-state index is 13.9. The number of hydrogen-bond acceptors (Lipinski definition) is 6. The number of thiazole rings is 1. The number of ether oxygens (including phenoxy) is 1. The number of rotatable bonds is 5. The van der Waals surface area contributed by atoms with Gasteiger partial charge < -0.3 is 4.74 Å². The molecule has 3 aromatic rings. The molecule has 0 unspecified atom stereocenters. The molecule has 2 aromatic carbocycles. The number of para-hydroxylation sites is 1. The normalized spacial score (nSPS) is 11.8. The summed E-state index contributed by atoms with van der Waals surface area (Å²) in [7, 11) is -1.44. The van der Waals surface area contributed by atoms with E-state index in [1.807, 2.05) is 24.3 Å². The number of sulfonamides is 1. The molecule has 1 heterocycles. The highest BCUT2D eigenvalue weighted by Gasteiger charge is 2.24. The van der Waals surface area contributed by atoms with Gasteiger partial charge in [-0.25, -0.2) is 26.9 Å². The summed E-state index contributed by atoms with van der Waals surface area (Å²) in [5, 5.41) is 0.614. The fourth-order valence-corrected chi connectivity index (χ4v) is 4.08. The SMILES string of the molecule is CN(C)S(=O)(=O)c1cc(C(=O)OCc2nc3ccccc3s2)ccc1F. The first-order chi connectivity index (χ1) is 12.3. The fraction of sp³-hybridized carbons (Fsp3) is 0.176. The van der Waals surface area contributed by atoms with Crippen LogP contribution in [0.1, 0.15) is 15.4 Å². The second-order valence-electron chi connectivity index (χ2n) is 5.58. The van der Waals surface area contributed by atoms with Crippen LogP contribution in [0.2, 0.25) is 0 Å². The lowest BCUT2D eigenvalue weighted by atomic mass is 10.2. The molecule has 26 heavy (non-hydrogen) atoms. The van der Waals surface area contributed by atoms with Crippen LogP contribution in [0.5, 0.6) is 0 Å². The molecule has 0 spiro atoms. The monoisotopic (exact) mass is 394 g/mol. The number of nitrogens with zero attached hydrogens (tertiary/aromatic N) is 2. The van der Waals surface area contributed by atoms with Crippen molar-refractivity contribution >= 4 is 37.5 Å². The van der Waals surface area contributed by atoms with Gasteiger partial charge in [0.2, 0.25) is 10.0 Å². The molecule has 0 radical (unpaired) electrons. The molecule has 0 saturated heterocycles.